The normalized spacial score (nSPS) is 23.4. The summed E-state index contributed by atoms with van der Waals surface area (Å²) >= 11 is 0. The molecule has 0 N–H and O–H groups in total. The molecule has 0 saturated heterocycles. The van der Waals surface area contributed by atoms with Crippen LogP contribution in [0.25, 0.3) is 51.2 Å². The van der Waals surface area contributed by atoms with Crippen molar-refractivity contribution in [1.82, 2.24) is 84.0 Å². The molecule has 9 heterocycles. The molecule has 3 aromatic carbocycles. The van der Waals surface area contributed by atoms with Crippen LogP contribution in [0.5, 0.6) is 0 Å². The van der Waals surface area contributed by atoms with Crippen LogP contribution in [-0.4, -0.2) is 157 Å². The third-order valence-corrected chi connectivity index (χ3v) is 22.3. The molecule has 94 heavy (non-hydrogen) atoms. The third-order valence-electron chi connectivity index (χ3n) is 21.2. The van der Waals surface area contributed by atoms with E-state index in [2.05, 4.69) is 54.3 Å². The van der Waals surface area contributed by atoms with Crippen LogP contribution in [0.2, 0.25) is 0 Å². The van der Waals surface area contributed by atoms with Crippen molar-refractivity contribution in [1.29, 1.82) is 0 Å². The molecule has 0 bridgehead atoms. The summed E-state index contributed by atoms with van der Waals surface area (Å²) in [4.78, 5) is 68.9. The summed E-state index contributed by atoms with van der Waals surface area (Å²) < 4.78 is 31.5. The van der Waals surface area contributed by atoms with Gasteiger partial charge in [-0.2, -0.15) is 0 Å². The molecular weight excluding hydrogens is 1200 g/mol. The molecule has 2 amide bonds. The Morgan fingerprint density at radius 1 is 0.596 bits per heavy atom. The topological polar surface area (TPSA) is 254 Å². The van der Waals surface area contributed by atoms with Gasteiger partial charge in [0.15, 0.2) is 62.2 Å². The summed E-state index contributed by atoms with van der Waals surface area (Å²) in [5.41, 5.74) is 5.51. The van der Waals surface area contributed by atoms with Crippen molar-refractivity contribution in [3.8, 4) is 51.2 Å². The first-order valence-electron chi connectivity index (χ1n) is 33.2. The molecule has 3 aliphatic heterocycles. The van der Waals surface area contributed by atoms with Gasteiger partial charge in [-0.05, 0) is 131 Å². The molecule has 24 nitrogen and oxygen atoms in total. The molecule has 8 unspecified atom stereocenters. The van der Waals surface area contributed by atoms with Crippen LogP contribution in [-0.2, 0) is 21.8 Å². The number of rotatable bonds is 14. The summed E-state index contributed by atoms with van der Waals surface area (Å²) in [5.74, 6) is 8.92. The Labute approximate surface area is 545 Å². The van der Waals surface area contributed by atoms with Crippen LogP contribution in [0, 0.1) is 11.8 Å². The average Bonchev–Trinajstić information content (AvgIpc) is 1.51. The molecule has 6 aromatic heterocycles. The molecule has 4 aliphatic carbocycles. The first-order valence-corrected chi connectivity index (χ1v) is 35.1. The largest absolute Gasteiger partial charge is 0.345 e. The smallest absolute Gasteiger partial charge is 0.253 e. The second-order valence-electron chi connectivity index (χ2n) is 27.4. The van der Waals surface area contributed by atoms with Crippen LogP contribution >= 0.6 is 0 Å². The SMILES string of the molecule is CCC1c2nnc(CC3CCC(N4c5nc(-c6cccc(C(=O)N(C)C)c6)ncc5-n5cnnc5C45CC5C)C3)n2-c2cnc(-c3cccc(C(=O)N(C)C)c3)nc2N1C1CCC(c2nnc3n2-c2cnc(-c4ccc(S(C)(=O)=O)cc4)nc2N(C2CCCC2)C3CC)C1. The third kappa shape index (κ3) is 9.58. The van der Waals surface area contributed by atoms with Crippen molar-refractivity contribution in [3.05, 3.63) is 138 Å². The van der Waals surface area contributed by atoms with E-state index in [0.29, 0.717) is 40.9 Å². The summed E-state index contributed by atoms with van der Waals surface area (Å²) in [5, 5.41) is 29.7. The van der Waals surface area contributed by atoms with E-state index in [1.165, 1.54) is 6.26 Å². The zero-order valence-electron chi connectivity index (χ0n) is 54.2. The van der Waals surface area contributed by atoms with Crippen LogP contribution in [0.3, 0.4) is 0 Å². The van der Waals surface area contributed by atoms with E-state index in [4.69, 9.17) is 55.4 Å². The zero-order valence-corrected chi connectivity index (χ0v) is 55.1. The Kier molecular flexibility index (Phi) is 14.4. The molecule has 9 aromatic rings. The molecular formula is C69H76N20O4S. The van der Waals surface area contributed by atoms with Crippen LogP contribution in [0.1, 0.15) is 172 Å². The molecule has 8 atom stereocenters. The average molecular weight is 1280 g/mol. The fraction of sp³-hybridized carbons (Fsp3) is 0.449. The maximum absolute atomic E-state index is 13.4. The van der Waals surface area contributed by atoms with Crippen molar-refractivity contribution in [2.45, 2.75) is 157 Å². The lowest BCUT2D eigenvalue weighted by atomic mass is 9.99. The first kappa shape index (κ1) is 59.6. The fourth-order valence-electron chi connectivity index (χ4n) is 16.6. The minimum Gasteiger partial charge on any atom is -0.345 e. The number of carbonyl (C=O) groups excluding carboxylic acids is 2. The van der Waals surface area contributed by atoms with Crippen molar-refractivity contribution in [3.63, 3.8) is 0 Å². The van der Waals surface area contributed by atoms with Crippen molar-refractivity contribution >= 4 is 39.1 Å². The summed E-state index contributed by atoms with van der Waals surface area (Å²) in [7, 11) is 3.64. The van der Waals surface area contributed by atoms with Gasteiger partial charge in [-0.1, -0.05) is 57.9 Å². The number of anilines is 3. The number of sulfone groups is 1. The number of amides is 2. The number of carbonyl (C=O) groups is 2. The van der Waals surface area contributed by atoms with Gasteiger partial charge in [0.25, 0.3) is 11.8 Å². The molecule has 4 saturated carbocycles. The number of aromatic nitrogens is 15. The number of fused-ring (bicyclic) bond motifs is 10. The van der Waals surface area contributed by atoms with Gasteiger partial charge in [0, 0.05) is 92.7 Å². The minimum absolute atomic E-state index is 0.00764. The van der Waals surface area contributed by atoms with E-state index in [9.17, 15) is 18.0 Å². The first-order chi connectivity index (χ1) is 45.5. The monoisotopic (exact) mass is 1280 g/mol. The van der Waals surface area contributed by atoms with Gasteiger partial charge in [0.2, 0.25) is 0 Å². The second kappa shape index (κ2) is 22.7. The van der Waals surface area contributed by atoms with Crippen molar-refractivity contribution < 1.29 is 18.0 Å². The maximum Gasteiger partial charge on any atom is 0.253 e. The Morgan fingerprint density at radius 2 is 1.15 bits per heavy atom. The van der Waals surface area contributed by atoms with Crippen LogP contribution < -0.4 is 14.7 Å². The fourth-order valence-corrected chi connectivity index (χ4v) is 17.2. The lowest BCUT2D eigenvalue weighted by molar-refractivity contribution is 0.0820. The van der Waals surface area contributed by atoms with Gasteiger partial charge in [0.05, 0.1) is 35.6 Å². The molecule has 4 fully saturated rings. The highest BCUT2D eigenvalue weighted by Gasteiger charge is 2.65. The highest BCUT2D eigenvalue weighted by molar-refractivity contribution is 7.90. The lowest BCUT2D eigenvalue weighted by Gasteiger charge is -2.42. The molecule has 16 rings (SSSR count). The zero-order chi connectivity index (χ0) is 64.6. The van der Waals surface area contributed by atoms with Crippen LogP contribution in [0.15, 0.2) is 103 Å². The van der Waals surface area contributed by atoms with Gasteiger partial charge < -0.3 is 24.5 Å². The molecule has 1 spiro atoms. The Bertz CT molecular complexity index is 4610. The number of nitrogens with zero attached hydrogens (tertiary/aromatic N) is 20. The van der Waals surface area contributed by atoms with Gasteiger partial charge in [0.1, 0.15) is 40.6 Å². The van der Waals surface area contributed by atoms with Gasteiger partial charge in [-0.25, -0.2) is 38.3 Å². The predicted octanol–water partition coefficient (Wildman–Crippen LogP) is 9.89. The van der Waals surface area contributed by atoms with Crippen LogP contribution in [0.4, 0.5) is 17.5 Å². The van der Waals surface area contributed by atoms with Gasteiger partial charge in [-0.15, -0.1) is 30.6 Å². The lowest BCUT2D eigenvalue weighted by Crippen LogP contribution is -2.48. The summed E-state index contributed by atoms with van der Waals surface area (Å²) in [6.07, 6.45) is 21.5. The number of hydrogen-bond donors (Lipinski definition) is 0. The van der Waals surface area contributed by atoms with Crippen molar-refractivity contribution in [2.75, 3.05) is 49.1 Å². The van der Waals surface area contributed by atoms with Crippen molar-refractivity contribution in [2.24, 2.45) is 11.8 Å². The summed E-state index contributed by atoms with van der Waals surface area (Å²) in [6, 6.07) is 22.1. The summed E-state index contributed by atoms with van der Waals surface area (Å²) in [6.45, 7) is 6.72. The Morgan fingerprint density at radius 3 is 1.76 bits per heavy atom. The number of benzene rings is 3. The minimum atomic E-state index is -3.39. The highest BCUT2D eigenvalue weighted by Crippen LogP contribution is 2.62. The second-order valence-corrected chi connectivity index (χ2v) is 29.4. The quantitative estimate of drug-likeness (QED) is 0.0981. The Hall–Kier alpha value is -9.39. The van der Waals surface area contributed by atoms with E-state index in [1.54, 1.807) is 68.6 Å². The van der Waals surface area contributed by atoms with E-state index in [1.807, 2.05) is 67.1 Å². The molecule has 0 radical (unpaired) electrons. The molecule has 25 heteroatoms. The van der Waals surface area contributed by atoms with Gasteiger partial charge in [-0.3, -0.25) is 23.3 Å². The van der Waals surface area contributed by atoms with E-state index in [0.717, 1.165) is 164 Å². The van der Waals surface area contributed by atoms with E-state index in [-0.39, 0.29) is 64.3 Å². The predicted molar refractivity (Wildman–Crippen MR) is 353 cm³/mol. The number of hydrogen-bond acceptors (Lipinski definition) is 19. The Balaban J connectivity index is 0.734. The van der Waals surface area contributed by atoms with Gasteiger partial charge >= 0.3 is 0 Å². The molecule has 482 valence electrons. The van der Waals surface area contributed by atoms with E-state index >= 15 is 0 Å². The van der Waals surface area contributed by atoms with E-state index < -0.39 is 9.84 Å². The standard InChI is InChI=1S/C69H76N20O4S/c1-9-51-64-79-77-56(30-40-21-25-49(29-40)89-63-53(84-38-73-81-68(84)69(89)34-39(69)3)35-70-59(76-63)43-16-14-18-46(32-43)67(91)83(6)7)87(64)54-36-72-58(42-15-13-17-45(31-42)66(90)82(4)5)75-61(54)86(51)48-26-22-44(33-48)60-78-80-65-52(10-2)85(47-19-11-12-20-47)62-55(88(60)65)37-71-57(74-62)41-23-27-50(28-24-41)94(8,92)93/h13-18,23-24,27-28,31-32,35-40,44,47-49,51-52H,9-12,19-22,25-26,29-30,33-34H2,1-8H3. The maximum atomic E-state index is 13.4. The highest BCUT2D eigenvalue weighted by atomic mass is 32.2. The molecule has 7 aliphatic rings.